The van der Waals surface area contributed by atoms with E-state index < -0.39 is 0 Å². The fourth-order valence-electron chi connectivity index (χ4n) is 3.36. The van der Waals surface area contributed by atoms with Crippen molar-refractivity contribution in [3.63, 3.8) is 0 Å². The Balaban J connectivity index is 2.06. The molecular weight excluding hydrogens is 316 g/mol. The van der Waals surface area contributed by atoms with E-state index in [-0.39, 0.29) is 11.6 Å². The summed E-state index contributed by atoms with van der Waals surface area (Å²) in [6.45, 7) is 0. The Bertz CT molecular complexity index is 918. The molecule has 2 heterocycles. The Morgan fingerprint density at radius 3 is 2.65 bits per heavy atom. The minimum absolute atomic E-state index is 0.0385. The first kappa shape index (κ1) is 14.1. The second kappa shape index (κ2) is 5.31. The lowest BCUT2D eigenvalue weighted by Gasteiger charge is -2.20. The van der Waals surface area contributed by atoms with Crippen LogP contribution in [-0.2, 0) is 12.8 Å². The molecule has 1 aliphatic rings. The molecule has 1 aliphatic carbocycles. The van der Waals surface area contributed by atoms with Gasteiger partial charge in [0.15, 0.2) is 10.8 Å². The first-order valence-electron chi connectivity index (χ1n) is 7.41. The van der Waals surface area contributed by atoms with E-state index >= 15 is 0 Å². The molecule has 2 aromatic heterocycles. The van der Waals surface area contributed by atoms with E-state index in [9.17, 15) is 10.0 Å². The Hall–Kier alpha value is -2.47. The number of hydrogen-bond acceptors (Lipinski definition) is 5. The van der Waals surface area contributed by atoms with Crippen molar-refractivity contribution in [3.05, 3.63) is 39.4 Å². The van der Waals surface area contributed by atoms with Crippen molar-refractivity contribution >= 4 is 28.2 Å². The third-order valence-electron chi connectivity index (χ3n) is 4.37. The van der Waals surface area contributed by atoms with Crippen LogP contribution < -0.4 is 0 Å². The number of nitrogens with one attached hydrogen (secondary N) is 1. The van der Waals surface area contributed by atoms with Crippen LogP contribution in [0.4, 0.5) is 5.69 Å². The van der Waals surface area contributed by atoms with Gasteiger partial charge in [-0.3, -0.25) is 0 Å². The average molecular weight is 329 g/mol. The molecule has 0 radical (unpaired) electrons. The highest BCUT2D eigenvalue weighted by atomic mass is 35.5. The minimum Gasteiger partial charge on any atom is -0.493 e. The van der Waals surface area contributed by atoms with E-state index in [1.54, 1.807) is 6.07 Å². The van der Waals surface area contributed by atoms with Crippen molar-refractivity contribution in [1.82, 2.24) is 15.2 Å². The highest BCUT2D eigenvalue weighted by Gasteiger charge is 2.23. The molecule has 0 bridgehead atoms. The summed E-state index contributed by atoms with van der Waals surface area (Å²) < 4.78 is 0. The number of aryl methyl sites for hydroxylation is 1. The van der Waals surface area contributed by atoms with Gasteiger partial charge in [0.25, 0.3) is 0 Å². The quantitative estimate of drug-likeness (QED) is 0.687. The summed E-state index contributed by atoms with van der Waals surface area (Å²) in [7, 11) is 0. The van der Waals surface area contributed by atoms with Gasteiger partial charge in [-0.1, -0.05) is 11.6 Å². The Labute approximate surface area is 136 Å². The molecule has 0 atom stereocenters. The van der Waals surface area contributed by atoms with Crippen molar-refractivity contribution in [2.75, 3.05) is 0 Å². The predicted molar refractivity (Wildman–Crippen MR) is 88.1 cm³/mol. The van der Waals surface area contributed by atoms with Crippen molar-refractivity contribution < 1.29 is 5.11 Å². The molecule has 0 fully saturated rings. The maximum atomic E-state index is 11.1. The van der Waals surface area contributed by atoms with Gasteiger partial charge in [-0.05, 0) is 60.2 Å². The van der Waals surface area contributed by atoms with Gasteiger partial charge in [-0.15, -0.1) is 15.1 Å². The average Bonchev–Trinajstić information content (AvgIpc) is 2.90. The smallest absolute Gasteiger partial charge is 0.219 e. The fourth-order valence-corrected chi connectivity index (χ4v) is 3.46. The molecule has 0 saturated heterocycles. The molecule has 7 heteroatoms. The molecular formula is C16H13ClN4O2. The first-order chi connectivity index (χ1) is 11.2. The second-order valence-corrected chi connectivity index (χ2v) is 6.05. The molecule has 1 aromatic carbocycles. The molecule has 0 amide bonds. The maximum absolute atomic E-state index is 11.1. The minimum atomic E-state index is -0.192. The van der Waals surface area contributed by atoms with Gasteiger partial charge in [-0.2, -0.15) is 0 Å². The Morgan fingerprint density at radius 2 is 1.96 bits per heavy atom. The molecule has 6 nitrogen and oxygen atoms in total. The van der Waals surface area contributed by atoms with Crippen molar-refractivity contribution in [1.29, 1.82) is 0 Å². The molecule has 4 rings (SSSR count). The van der Waals surface area contributed by atoms with E-state index in [2.05, 4.69) is 20.4 Å². The number of nitroso groups, excluding NO2 is 1. The Kier molecular flexibility index (Phi) is 3.27. The fraction of sp³-hybridized carbons (Fsp3) is 0.250. The number of benzene rings is 1. The number of halogens is 1. The van der Waals surface area contributed by atoms with Gasteiger partial charge >= 0.3 is 0 Å². The normalized spacial score (nSPS) is 14.0. The number of aromatic hydroxyl groups is 1. The second-order valence-electron chi connectivity index (χ2n) is 5.67. The topological polar surface area (TPSA) is 91.2 Å². The summed E-state index contributed by atoms with van der Waals surface area (Å²) in [5.74, 6) is -0.192. The lowest BCUT2D eigenvalue weighted by molar-refractivity contribution is 0.460. The van der Waals surface area contributed by atoms with Crippen molar-refractivity contribution in [2.45, 2.75) is 25.7 Å². The van der Waals surface area contributed by atoms with Crippen molar-refractivity contribution in [3.8, 4) is 17.1 Å². The summed E-state index contributed by atoms with van der Waals surface area (Å²) in [6.07, 6.45) is 3.98. The van der Waals surface area contributed by atoms with Crippen LogP contribution in [0.5, 0.6) is 5.88 Å². The van der Waals surface area contributed by atoms with E-state index in [0.29, 0.717) is 16.2 Å². The van der Waals surface area contributed by atoms with Gasteiger partial charge < -0.3 is 10.1 Å². The summed E-state index contributed by atoms with van der Waals surface area (Å²) in [6, 6.07) is 5.35. The zero-order chi connectivity index (χ0) is 16.0. The first-order valence-corrected chi connectivity index (χ1v) is 7.79. The highest BCUT2D eigenvalue weighted by Crippen LogP contribution is 2.43. The van der Waals surface area contributed by atoms with Crippen LogP contribution in [0.1, 0.15) is 24.0 Å². The molecule has 2 N–H and O–H groups in total. The number of H-pyrrole nitrogens is 1. The van der Waals surface area contributed by atoms with Gasteiger partial charge in [0.1, 0.15) is 0 Å². The number of nitrogens with zero attached hydrogens (tertiary/aromatic N) is 3. The summed E-state index contributed by atoms with van der Waals surface area (Å²) in [4.78, 5) is 14.0. The van der Waals surface area contributed by atoms with Crippen LogP contribution in [-0.4, -0.2) is 20.3 Å². The van der Waals surface area contributed by atoms with Crippen LogP contribution in [0, 0.1) is 4.91 Å². The SMILES string of the molecule is O=Nc1c(O)[nH]c2c3c(c(-c4ccc(Cl)nn4)cc12)CCCC3. The zero-order valence-electron chi connectivity index (χ0n) is 12.1. The molecule has 0 unspecified atom stereocenters. The number of aromatic nitrogens is 3. The molecule has 0 spiro atoms. The molecule has 3 aromatic rings. The van der Waals surface area contributed by atoms with Crippen LogP contribution in [0.3, 0.4) is 0 Å². The maximum Gasteiger partial charge on any atom is 0.219 e. The summed E-state index contributed by atoms with van der Waals surface area (Å²) in [5, 5.41) is 21.9. The third kappa shape index (κ3) is 2.17. The van der Waals surface area contributed by atoms with Crippen LogP contribution >= 0.6 is 11.6 Å². The van der Waals surface area contributed by atoms with Gasteiger partial charge in [0, 0.05) is 10.9 Å². The largest absolute Gasteiger partial charge is 0.493 e. The summed E-state index contributed by atoms with van der Waals surface area (Å²) in [5.41, 5.74) is 4.74. The molecule has 0 aliphatic heterocycles. The zero-order valence-corrected chi connectivity index (χ0v) is 12.9. The monoisotopic (exact) mass is 328 g/mol. The third-order valence-corrected chi connectivity index (χ3v) is 4.58. The van der Waals surface area contributed by atoms with Crippen LogP contribution in [0.25, 0.3) is 22.2 Å². The number of fused-ring (bicyclic) bond motifs is 3. The summed E-state index contributed by atoms with van der Waals surface area (Å²) >= 11 is 5.82. The number of rotatable bonds is 2. The molecule has 116 valence electrons. The van der Waals surface area contributed by atoms with E-state index in [0.717, 1.165) is 42.3 Å². The highest BCUT2D eigenvalue weighted by molar-refractivity contribution is 6.29. The molecule has 23 heavy (non-hydrogen) atoms. The lowest BCUT2D eigenvalue weighted by atomic mass is 9.85. The molecule has 0 saturated carbocycles. The lowest BCUT2D eigenvalue weighted by Crippen LogP contribution is -2.06. The Morgan fingerprint density at radius 1 is 1.17 bits per heavy atom. The van der Waals surface area contributed by atoms with E-state index in [4.69, 9.17) is 11.6 Å². The van der Waals surface area contributed by atoms with Gasteiger partial charge in [0.2, 0.25) is 5.88 Å². The number of hydrogen-bond donors (Lipinski definition) is 2. The number of aromatic amines is 1. The van der Waals surface area contributed by atoms with Gasteiger partial charge in [-0.25, -0.2) is 0 Å². The standard InChI is InChI=1S/C16H13ClN4O2/c17-13-6-5-12(19-20-13)10-7-11-14(18-16(22)15(11)21-23)9-4-2-1-3-8(9)10/h5-7,18,22H,1-4H2. The predicted octanol–water partition coefficient (Wildman–Crippen LogP) is 4.26. The van der Waals surface area contributed by atoms with Gasteiger partial charge in [0.05, 0.1) is 11.2 Å². The van der Waals surface area contributed by atoms with Crippen LogP contribution in [0.2, 0.25) is 5.15 Å². The van der Waals surface area contributed by atoms with Crippen molar-refractivity contribution in [2.24, 2.45) is 5.18 Å². The van der Waals surface area contributed by atoms with E-state index in [1.165, 1.54) is 5.56 Å². The van der Waals surface area contributed by atoms with E-state index in [1.807, 2.05) is 12.1 Å². The van der Waals surface area contributed by atoms with Crippen LogP contribution in [0.15, 0.2) is 23.4 Å².